The Balaban J connectivity index is 1.89. The number of aryl methyl sites for hydroxylation is 1. The highest BCUT2D eigenvalue weighted by Gasteiger charge is 2.41. The van der Waals surface area contributed by atoms with Crippen LogP contribution in [0.2, 0.25) is 0 Å². The lowest BCUT2D eigenvalue weighted by Crippen LogP contribution is -2.32. The van der Waals surface area contributed by atoms with Crippen molar-refractivity contribution in [1.29, 1.82) is 0 Å². The van der Waals surface area contributed by atoms with Gasteiger partial charge in [-0.05, 0) is 37.3 Å². The molecule has 3 aromatic carbocycles. The third kappa shape index (κ3) is 4.01. The Kier molecular flexibility index (Phi) is 6.04. The number of benzene rings is 3. The van der Waals surface area contributed by atoms with Crippen molar-refractivity contribution in [2.45, 2.75) is 6.92 Å². The molecule has 168 valence electrons. The highest BCUT2D eigenvalue weighted by atomic mass is 16.5. The van der Waals surface area contributed by atoms with Gasteiger partial charge in [-0.1, -0.05) is 35.9 Å². The van der Waals surface area contributed by atoms with E-state index in [1.54, 1.807) is 61.7 Å². The van der Waals surface area contributed by atoms with Crippen LogP contribution in [0.3, 0.4) is 0 Å². The summed E-state index contributed by atoms with van der Waals surface area (Å²) >= 11 is 0. The summed E-state index contributed by atoms with van der Waals surface area (Å²) in [6.07, 6.45) is 0. The van der Waals surface area contributed by atoms with E-state index < -0.39 is 11.8 Å². The number of ether oxygens (including phenoxy) is 3. The zero-order valence-electron chi connectivity index (χ0n) is 18.8. The molecule has 0 aromatic heterocycles. The average Bonchev–Trinajstić information content (AvgIpc) is 3.08. The number of imide groups is 1. The van der Waals surface area contributed by atoms with Gasteiger partial charge in [0.15, 0.2) is 0 Å². The van der Waals surface area contributed by atoms with Crippen LogP contribution >= 0.6 is 0 Å². The molecule has 0 fully saturated rings. The predicted octanol–water partition coefficient (Wildman–Crippen LogP) is 4.42. The molecule has 33 heavy (non-hydrogen) atoms. The number of anilines is 2. The second-order valence-corrected chi connectivity index (χ2v) is 7.42. The molecule has 0 unspecified atom stereocenters. The number of nitrogens with zero attached hydrogens (tertiary/aromatic N) is 1. The van der Waals surface area contributed by atoms with Gasteiger partial charge < -0.3 is 19.5 Å². The topological polar surface area (TPSA) is 77.1 Å². The Morgan fingerprint density at radius 3 is 2.12 bits per heavy atom. The quantitative estimate of drug-likeness (QED) is 0.544. The third-order valence-electron chi connectivity index (χ3n) is 5.42. The van der Waals surface area contributed by atoms with Crippen molar-refractivity contribution in [3.05, 3.63) is 83.6 Å². The largest absolute Gasteiger partial charge is 0.497 e. The van der Waals surface area contributed by atoms with E-state index in [1.807, 2.05) is 19.1 Å². The first-order chi connectivity index (χ1) is 16.0. The summed E-state index contributed by atoms with van der Waals surface area (Å²) in [5.41, 5.74) is 2.84. The maximum Gasteiger partial charge on any atom is 0.282 e. The zero-order chi connectivity index (χ0) is 23.5. The fourth-order valence-electron chi connectivity index (χ4n) is 3.72. The summed E-state index contributed by atoms with van der Waals surface area (Å²) in [5, 5.41) is 3.13. The summed E-state index contributed by atoms with van der Waals surface area (Å²) in [6, 6.07) is 19.5. The normalized spacial score (nSPS) is 13.4. The SMILES string of the molecule is COc1ccc(OC)c(NC2=C(c3ccccc3OC)C(=O)N(c3ccc(C)cc3)C2=O)c1. The number of hydrogen-bond donors (Lipinski definition) is 1. The van der Waals surface area contributed by atoms with Gasteiger partial charge >= 0.3 is 0 Å². The summed E-state index contributed by atoms with van der Waals surface area (Å²) in [5.74, 6) is 0.630. The number of para-hydroxylation sites is 1. The second-order valence-electron chi connectivity index (χ2n) is 7.42. The summed E-state index contributed by atoms with van der Waals surface area (Å²) in [6.45, 7) is 1.94. The van der Waals surface area contributed by atoms with Crippen molar-refractivity contribution < 1.29 is 23.8 Å². The Labute approximate surface area is 192 Å². The van der Waals surface area contributed by atoms with Crippen LogP contribution in [0.15, 0.2) is 72.4 Å². The van der Waals surface area contributed by atoms with Crippen LogP contribution in [0.4, 0.5) is 11.4 Å². The van der Waals surface area contributed by atoms with E-state index in [2.05, 4.69) is 5.32 Å². The molecule has 1 aliphatic heterocycles. The molecule has 7 heteroatoms. The maximum atomic E-state index is 13.6. The number of carbonyl (C=O) groups is 2. The first-order valence-corrected chi connectivity index (χ1v) is 10.3. The first-order valence-electron chi connectivity index (χ1n) is 10.3. The van der Waals surface area contributed by atoms with Gasteiger partial charge in [-0.25, -0.2) is 4.90 Å². The van der Waals surface area contributed by atoms with Gasteiger partial charge in [0.1, 0.15) is 22.9 Å². The van der Waals surface area contributed by atoms with Crippen molar-refractivity contribution in [2.24, 2.45) is 0 Å². The Morgan fingerprint density at radius 1 is 0.758 bits per heavy atom. The van der Waals surface area contributed by atoms with Crippen molar-refractivity contribution in [2.75, 3.05) is 31.5 Å². The minimum absolute atomic E-state index is 0.122. The van der Waals surface area contributed by atoms with E-state index in [1.165, 1.54) is 14.2 Å². The molecule has 2 amide bonds. The molecule has 1 aliphatic rings. The molecule has 4 rings (SSSR count). The highest BCUT2D eigenvalue weighted by molar-refractivity contribution is 6.46. The van der Waals surface area contributed by atoms with E-state index in [0.29, 0.717) is 34.2 Å². The monoisotopic (exact) mass is 444 g/mol. The summed E-state index contributed by atoms with van der Waals surface area (Å²) in [7, 11) is 4.60. The molecule has 3 aromatic rings. The fourth-order valence-corrected chi connectivity index (χ4v) is 3.72. The lowest BCUT2D eigenvalue weighted by atomic mass is 10.0. The van der Waals surface area contributed by atoms with Gasteiger partial charge in [0.2, 0.25) is 0 Å². The van der Waals surface area contributed by atoms with Gasteiger partial charge in [-0.15, -0.1) is 0 Å². The van der Waals surface area contributed by atoms with Crippen molar-refractivity contribution in [1.82, 2.24) is 0 Å². The molecule has 0 atom stereocenters. The first kappa shape index (κ1) is 22.0. The van der Waals surface area contributed by atoms with Crippen LogP contribution < -0.4 is 24.4 Å². The van der Waals surface area contributed by atoms with E-state index in [0.717, 1.165) is 10.5 Å². The minimum atomic E-state index is -0.477. The van der Waals surface area contributed by atoms with E-state index >= 15 is 0 Å². The standard InChI is InChI=1S/C26H24N2O5/c1-16-9-11-17(12-10-16)28-25(29)23(19-7-5-6-8-21(19)32-3)24(26(28)30)27-20-15-18(31-2)13-14-22(20)33-4/h5-15,27H,1-4H3. The van der Waals surface area contributed by atoms with Crippen molar-refractivity contribution >= 4 is 28.8 Å². The average molecular weight is 444 g/mol. The van der Waals surface area contributed by atoms with Crippen LogP contribution in [-0.4, -0.2) is 33.1 Å². The molecule has 0 saturated carbocycles. The van der Waals surface area contributed by atoms with Crippen molar-refractivity contribution in [3.8, 4) is 17.2 Å². The fraction of sp³-hybridized carbons (Fsp3) is 0.154. The van der Waals surface area contributed by atoms with Gasteiger partial charge in [-0.2, -0.15) is 0 Å². The van der Waals surface area contributed by atoms with Gasteiger partial charge in [0, 0.05) is 11.6 Å². The van der Waals surface area contributed by atoms with Gasteiger partial charge in [0.25, 0.3) is 11.8 Å². The Morgan fingerprint density at radius 2 is 1.45 bits per heavy atom. The van der Waals surface area contributed by atoms with Gasteiger partial charge in [0.05, 0.1) is 38.3 Å². The van der Waals surface area contributed by atoms with E-state index in [4.69, 9.17) is 14.2 Å². The molecule has 0 spiro atoms. The molecule has 1 N–H and O–H groups in total. The van der Waals surface area contributed by atoms with Crippen LogP contribution in [-0.2, 0) is 9.59 Å². The smallest absolute Gasteiger partial charge is 0.282 e. The molecular formula is C26H24N2O5. The van der Waals surface area contributed by atoms with E-state index in [-0.39, 0.29) is 11.3 Å². The lowest BCUT2D eigenvalue weighted by molar-refractivity contribution is -0.120. The van der Waals surface area contributed by atoms with Crippen molar-refractivity contribution in [3.63, 3.8) is 0 Å². The molecule has 0 bridgehead atoms. The number of rotatable bonds is 7. The number of nitrogens with one attached hydrogen (secondary N) is 1. The Bertz CT molecular complexity index is 1250. The van der Waals surface area contributed by atoms with Gasteiger partial charge in [-0.3, -0.25) is 9.59 Å². The number of hydrogen-bond acceptors (Lipinski definition) is 6. The zero-order valence-corrected chi connectivity index (χ0v) is 18.8. The number of carbonyl (C=O) groups excluding carboxylic acids is 2. The van der Waals surface area contributed by atoms with Crippen LogP contribution in [0.5, 0.6) is 17.2 Å². The molecule has 7 nitrogen and oxygen atoms in total. The summed E-state index contributed by atoms with van der Waals surface area (Å²) < 4.78 is 16.3. The minimum Gasteiger partial charge on any atom is -0.497 e. The lowest BCUT2D eigenvalue weighted by Gasteiger charge is -2.16. The maximum absolute atomic E-state index is 13.6. The molecule has 0 saturated heterocycles. The third-order valence-corrected chi connectivity index (χ3v) is 5.42. The molecule has 1 heterocycles. The summed E-state index contributed by atoms with van der Waals surface area (Å²) in [4.78, 5) is 28.4. The number of amides is 2. The Hall–Kier alpha value is -4.26. The van der Waals surface area contributed by atoms with Crippen LogP contribution in [0.25, 0.3) is 5.57 Å². The van der Waals surface area contributed by atoms with Crippen LogP contribution in [0.1, 0.15) is 11.1 Å². The second kappa shape index (κ2) is 9.08. The van der Waals surface area contributed by atoms with E-state index in [9.17, 15) is 9.59 Å². The molecule has 0 aliphatic carbocycles. The molecule has 0 radical (unpaired) electrons. The highest BCUT2D eigenvalue weighted by Crippen LogP contribution is 2.39. The molecular weight excluding hydrogens is 420 g/mol. The predicted molar refractivity (Wildman–Crippen MR) is 127 cm³/mol. The van der Waals surface area contributed by atoms with Crippen LogP contribution in [0, 0.1) is 6.92 Å². The number of methoxy groups -OCH3 is 3.